The summed E-state index contributed by atoms with van der Waals surface area (Å²) in [5.41, 5.74) is 0. The smallest absolute Gasteiger partial charge is 0.167 e. The Balaban J connectivity index is 2.63. The molecule has 0 N–H and O–H groups in total. The molecule has 0 bridgehead atoms. The summed E-state index contributed by atoms with van der Waals surface area (Å²) in [5, 5.41) is 8.19. The number of nitrogens with zero attached hydrogens (tertiary/aromatic N) is 3. The van der Waals surface area contributed by atoms with E-state index in [2.05, 4.69) is 33.2 Å². The van der Waals surface area contributed by atoms with Crippen LogP contribution < -0.4 is 0 Å². The summed E-state index contributed by atoms with van der Waals surface area (Å²) in [6, 6.07) is 0. The zero-order valence-electron chi connectivity index (χ0n) is 6.22. The molecule has 3 nitrogen and oxygen atoms in total. The first-order valence-corrected chi connectivity index (χ1v) is 4.67. The Kier molecular flexibility index (Phi) is 3.33. The van der Waals surface area contributed by atoms with Crippen LogP contribution in [-0.4, -0.2) is 15.0 Å². The molecule has 0 aliphatic heterocycles. The van der Waals surface area contributed by atoms with Crippen molar-refractivity contribution in [2.45, 2.75) is 26.3 Å². The molecule has 0 spiro atoms. The molecule has 1 aromatic heterocycles. The topological polar surface area (TPSA) is 30.7 Å². The molecule has 0 atom stereocenters. The molecule has 1 rings (SSSR count). The lowest BCUT2D eigenvalue weighted by Crippen LogP contribution is -1.99. The molecule has 5 heteroatoms. The molecule has 0 aliphatic carbocycles. The van der Waals surface area contributed by atoms with Gasteiger partial charge < -0.3 is 0 Å². The summed E-state index contributed by atoms with van der Waals surface area (Å²) in [6.45, 7) is 2.97. The standard InChI is InChI=1S/C6H9BrClN3/c1-2-3-4-11-6(8)5(7)9-10-11/h2-4H2,1H3. The first kappa shape index (κ1) is 9.00. The lowest BCUT2D eigenvalue weighted by Gasteiger charge is -1.97. The number of aromatic nitrogens is 3. The third-order valence-electron chi connectivity index (χ3n) is 1.36. The van der Waals surface area contributed by atoms with Crippen molar-refractivity contribution in [2.75, 3.05) is 0 Å². The van der Waals surface area contributed by atoms with E-state index in [1.54, 1.807) is 4.68 Å². The lowest BCUT2D eigenvalue weighted by atomic mass is 10.3. The highest BCUT2D eigenvalue weighted by molar-refractivity contribution is 9.10. The molecule has 1 heterocycles. The van der Waals surface area contributed by atoms with Crippen molar-refractivity contribution in [3.63, 3.8) is 0 Å². The SMILES string of the molecule is CCCCn1nnc(Br)c1Cl. The highest BCUT2D eigenvalue weighted by atomic mass is 79.9. The van der Waals surface area contributed by atoms with Crippen LogP contribution in [0.1, 0.15) is 19.8 Å². The minimum Gasteiger partial charge on any atom is -0.233 e. The maximum Gasteiger partial charge on any atom is 0.167 e. The van der Waals surface area contributed by atoms with Crippen LogP contribution in [0.3, 0.4) is 0 Å². The predicted molar refractivity (Wildman–Crippen MR) is 47.6 cm³/mol. The first-order valence-electron chi connectivity index (χ1n) is 3.50. The lowest BCUT2D eigenvalue weighted by molar-refractivity contribution is 0.553. The van der Waals surface area contributed by atoms with E-state index in [9.17, 15) is 0 Å². The van der Waals surface area contributed by atoms with E-state index < -0.39 is 0 Å². The average molecular weight is 239 g/mol. The third-order valence-corrected chi connectivity index (χ3v) is 2.50. The fraction of sp³-hybridized carbons (Fsp3) is 0.667. The number of hydrogen-bond donors (Lipinski definition) is 0. The van der Waals surface area contributed by atoms with Crippen molar-refractivity contribution in [2.24, 2.45) is 0 Å². The van der Waals surface area contributed by atoms with Crippen molar-refractivity contribution in [3.05, 3.63) is 9.76 Å². The summed E-state index contributed by atoms with van der Waals surface area (Å²) in [4.78, 5) is 0. The maximum atomic E-state index is 5.84. The van der Waals surface area contributed by atoms with Crippen LogP contribution in [0, 0.1) is 0 Å². The molecule has 0 saturated heterocycles. The minimum atomic E-state index is 0.582. The van der Waals surface area contributed by atoms with Gasteiger partial charge in [0, 0.05) is 6.54 Å². The molecule has 11 heavy (non-hydrogen) atoms. The Hall–Kier alpha value is -0.0900. The number of aryl methyl sites for hydroxylation is 1. The van der Waals surface area contributed by atoms with Gasteiger partial charge in [-0.25, -0.2) is 4.68 Å². The molecule has 0 fully saturated rings. The zero-order valence-corrected chi connectivity index (χ0v) is 8.56. The highest BCUT2D eigenvalue weighted by Crippen LogP contribution is 2.18. The second-order valence-electron chi connectivity index (χ2n) is 2.25. The normalized spacial score (nSPS) is 10.5. The molecule has 1 aromatic rings. The Morgan fingerprint density at radius 2 is 2.36 bits per heavy atom. The van der Waals surface area contributed by atoms with Gasteiger partial charge in [0.1, 0.15) is 0 Å². The summed E-state index contributed by atoms with van der Waals surface area (Å²) < 4.78 is 2.31. The number of rotatable bonds is 3. The van der Waals surface area contributed by atoms with Crippen LogP contribution in [0.4, 0.5) is 0 Å². The quantitative estimate of drug-likeness (QED) is 0.810. The molecule has 62 valence electrons. The van der Waals surface area contributed by atoms with Gasteiger partial charge in [-0.3, -0.25) is 0 Å². The second kappa shape index (κ2) is 4.07. The van der Waals surface area contributed by atoms with Crippen LogP contribution in [0.15, 0.2) is 4.60 Å². The van der Waals surface area contributed by atoms with Crippen molar-refractivity contribution < 1.29 is 0 Å². The van der Waals surface area contributed by atoms with Crippen LogP contribution >= 0.6 is 27.5 Å². The fourth-order valence-electron chi connectivity index (χ4n) is 0.731. The van der Waals surface area contributed by atoms with Gasteiger partial charge in [0.25, 0.3) is 0 Å². The molecule has 0 aromatic carbocycles. The van der Waals surface area contributed by atoms with E-state index in [1.165, 1.54) is 0 Å². The minimum absolute atomic E-state index is 0.582. The van der Waals surface area contributed by atoms with Crippen molar-refractivity contribution in [1.82, 2.24) is 15.0 Å². The third kappa shape index (κ3) is 2.17. The van der Waals surface area contributed by atoms with Crippen LogP contribution in [0.5, 0.6) is 0 Å². The van der Waals surface area contributed by atoms with Gasteiger partial charge in [-0.05, 0) is 22.4 Å². The van der Waals surface area contributed by atoms with E-state index in [-0.39, 0.29) is 0 Å². The Labute approximate surface area is 78.9 Å². The molecular weight excluding hydrogens is 229 g/mol. The molecule has 0 amide bonds. The Morgan fingerprint density at radius 3 is 2.82 bits per heavy atom. The Bertz CT molecular complexity index is 236. The molecular formula is C6H9BrClN3. The Morgan fingerprint density at radius 1 is 1.64 bits per heavy atom. The molecule has 0 aliphatic rings. The van der Waals surface area contributed by atoms with Gasteiger partial charge in [0.2, 0.25) is 0 Å². The number of unbranched alkanes of at least 4 members (excludes halogenated alkanes) is 1. The number of halogens is 2. The largest absolute Gasteiger partial charge is 0.233 e. The van der Waals surface area contributed by atoms with E-state index in [0.717, 1.165) is 19.4 Å². The van der Waals surface area contributed by atoms with Gasteiger partial charge in [0.15, 0.2) is 9.76 Å². The maximum absolute atomic E-state index is 5.84. The van der Waals surface area contributed by atoms with E-state index >= 15 is 0 Å². The summed E-state index contributed by atoms with van der Waals surface area (Å²) in [7, 11) is 0. The summed E-state index contributed by atoms with van der Waals surface area (Å²) in [6.07, 6.45) is 2.21. The summed E-state index contributed by atoms with van der Waals surface area (Å²) >= 11 is 9.02. The van der Waals surface area contributed by atoms with Gasteiger partial charge in [-0.2, -0.15) is 0 Å². The van der Waals surface area contributed by atoms with Crippen LogP contribution in [0.25, 0.3) is 0 Å². The van der Waals surface area contributed by atoms with Crippen LogP contribution in [-0.2, 0) is 6.54 Å². The van der Waals surface area contributed by atoms with E-state index in [0.29, 0.717) is 9.76 Å². The van der Waals surface area contributed by atoms with Gasteiger partial charge in [-0.15, -0.1) is 5.10 Å². The molecule has 0 saturated carbocycles. The van der Waals surface area contributed by atoms with Gasteiger partial charge in [-0.1, -0.05) is 30.2 Å². The second-order valence-corrected chi connectivity index (χ2v) is 3.36. The van der Waals surface area contributed by atoms with Crippen LogP contribution in [0.2, 0.25) is 5.15 Å². The van der Waals surface area contributed by atoms with Gasteiger partial charge >= 0.3 is 0 Å². The van der Waals surface area contributed by atoms with E-state index in [4.69, 9.17) is 11.6 Å². The van der Waals surface area contributed by atoms with Gasteiger partial charge in [0.05, 0.1) is 0 Å². The molecule has 0 radical (unpaired) electrons. The van der Waals surface area contributed by atoms with Crippen molar-refractivity contribution in [1.29, 1.82) is 0 Å². The summed E-state index contributed by atoms with van der Waals surface area (Å²) in [5.74, 6) is 0. The predicted octanol–water partition coefficient (Wildman–Crippen LogP) is 2.49. The van der Waals surface area contributed by atoms with E-state index in [1.807, 2.05) is 0 Å². The number of hydrogen-bond acceptors (Lipinski definition) is 2. The first-order chi connectivity index (χ1) is 5.25. The average Bonchev–Trinajstić information content (AvgIpc) is 2.31. The van der Waals surface area contributed by atoms with Crippen molar-refractivity contribution >= 4 is 27.5 Å². The zero-order chi connectivity index (χ0) is 8.27. The fourth-order valence-corrected chi connectivity index (χ4v) is 1.16. The molecule has 0 unspecified atom stereocenters. The highest BCUT2D eigenvalue weighted by Gasteiger charge is 2.05. The monoisotopic (exact) mass is 237 g/mol. The van der Waals surface area contributed by atoms with Crippen molar-refractivity contribution in [3.8, 4) is 0 Å².